The Kier molecular flexibility index (Phi) is 3.40. The fourth-order valence-corrected chi connectivity index (χ4v) is 2.29. The van der Waals surface area contributed by atoms with Crippen LogP contribution in [0.2, 0.25) is 0 Å². The van der Waals surface area contributed by atoms with Gasteiger partial charge in [-0.05, 0) is 30.3 Å². The Bertz CT molecular complexity index is 922. The number of para-hydroxylation sites is 1. The van der Waals surface area contributed by atoms with Gasteiger partial charge in [0, 0.05) is 24.2 Å². The molecule has 6 heteroatoms. The summed E-state index contributed by atoms with van der Waals surface area (Å²) in [6.45, 7) is 0.292. The highest BCUT2D eigenvalue weighted by molar-refractivity contribution is 5.59. The number of ether oxygens (including phenoxy) is 1. The van der Waals surface area contributed by atoms with Gasteiger partial charge in [0.05, 0.1) is 5.69 Å². The molecule has 3 aromatic heterocycles. The van der Waals surface area contributed by atoms with Crippen LogP contribution in [-0.4, -0.2) is 24.6 Å². The maximum absolute atomic E-state index is 5.69. The summed E-state index contributed by atoms with van der Waals surface area (Å²) in [6.07, 6.45) is 5.24. The molecule has 0 aliphatic heterocycles. The molecule has 4 aromatic rings. The molecule has 0 spiro atoms. The van der Waals surface area contributed by atoms with Gasteiger partial charge in [-0.25, -0.2) is 4.98 Å². The molecule has 0 aliphatic carbocycles. The number of benzene rings is 1. The van der Waals surface area contributed by atoms with Crippen molar-refractivity contribution in [3.05, 3.63) is 72.9 Å². The van der Waals surface area contributed by atoms with Crippen LogP contribution in [0, 0.1) is 0 Å². The van der Waals surface area contributed by atoms with Gasteiger partial charge < -0.3 is 4.74 Å². The van der Waals surface area contributed by atoms with E-state index in [4.69, 9.17) is 4.74 Å². The molecule has 0 fully saturated rings. The predicted molar refractivity (Wildman–Crippen MR) is 84.8 cm³/mol. The average Bonchev–Trinajstić information content (AvgIpc) is 3.04. The molecule has 4 rings (SSSR count). The van der Waals surface area contributed by atoms with Crippen LogP contribution in [-0.2, 0) is 6.61 Å². The maximum atomic E-state index is 5.69. The maximum Gasteiger partial charge on any atom is 0.253 e. The molecule has 0 radical (unpaired) electrons. The highest BCUT2D eigenvalue weighted by Crippen LogP contribution is 2.18. The number of pyridine rings is 1. The third-order valence-corrected chi connectivity index (χ3v) is 3.35. The summed E-state index contributed by atoms with van der Waals surface area (Å²) in [6, 6.07) is 15.3. The summed E-state index contributed by atoms with van der Waals surface area (Å²) in [4.78, 5) is 12.8. The normalized spacial score (nSPS) is 10.8. The first-order chi connectivity index (χ1) is 11.4. The van der Waals surface area contributed by atoms with E-state index in [0.717, 1.165) is 17.0 Å². The summed E-state index contributed by atoms with van der Waals surface area (Å²) >= 11 is 0. The van der Waals surface area contributed by atoms with Gasteiger partial charge in [-0.15, -0.1) is 5.10 Å². The van der Waals surface area contributed by atoms with E-state index >= 15 is 0 Å². The molecule has 112 valence electrons. The molecule has 0 amide bonds. The first-order valence-corrected chi connectivity index (χ1v) is 7.19. The van der Waals surface area contributed by atoms with Gasteiger partial charge in [-0.1, -0.05) is 18.2 Å². The Morgan fingerprint density at radius 1 is 0.957 bits per heavy atom. The van der Waals surface area contributed by atoms with E-state index in [2.05, 4.69) is 20.1 Å². The highest BCUT2D eigenvalue weighted by atomic mass is 16.5. The van der Waals surface area contributed by atoms with Gasteiger partial charge >= 0.3 is 0 Å². The van der Waals surface area contributed by atoms with Crippen molar-refractivity contribution in [1.29, 1.82) is 0 Å². The molecule has 1 aromatic carbocycles. The summed E-state index contributed by atoms with van der Waals surface area (Å²) < 4.78 is 7.40. The minimum atomic E-state index is 0.292. The molecule has 0 bridgehead atoms. The molecular formula is C17H13N5O. The van der Waals surface area contributed by atoms with E-state index in [1.54, 1.807) is 23.1 Å². The lowest BCUT2D eigenvalue weighted by Gasteiger charge is -2.02. The largest absolute Gasteiger partial charge is 0.486 e. The lowest BCUT2D eigenvalue weighted by Crippen LogP contribution is -1.99. The first-order valence-electron chi connectivity index (χ1n) is 7.19. The van der Waals surface area contributed by atoms with Crippen LogP contribution in [0.4, 0.5) is 0 Å². The Morgan fingerprint density at radius 2 is 1.87 bits per heavy atom. The van der Waals surface area contributed by atoms with Gasteiger partial charge in [0.15, 0.2) is 5.82 Å². The number of fused-ring (bicyclic) bond motifs is 1. The van der Waals surface area contributed by atoms with Crippen LogP contribution in [0.5, 0.6) is 5.75 Å². The topological polar surface area (TPSA) is 65.2 Å². The van der Waals surface area contributed by atoms with Crippen LogP contribution in [0.15, 0.2) is 67.1 Å². The molecular weight excluding hydrogens is 290 g/mol. The van der Waals surface area contributed by atoms with Crippen molar-refractivity contribution in [1.82, 2.24) is 24.6 Å². The smallest absolute Gasteiger partial charge is 0.253 e. The molecule has 23 heavy (non-hydrogen) atoms. The average molecular weight is 303 g/mol. The molecule has 0 atom stereocenters. The van der Waals surface area contributed by atoms with Gasteiger partial charge in [0.25, 0.3) is 5.78 Å². The molecule has 3 heterocycles. The minimum absolute atomic E-state index is 0.292. The molecule has 0 saturated heterocycles. The molecule has 0 unspecified atom stereocenters. The van der Waals surface area contributed by atoms with Gasteiger partial charge in [0.2, 0.25) is 0 Å². The Morgan fingerprint density at radius 3 is 2.70 bits per heavy atom. The first kappa shape index (κ1) is 13.4. The van der Waals surface area contributed by atoms with E-state index in [0.29, 0.717) is 18.2 Å². The highest BCUT2D eigenvalue weighted by Gasteiger charge is 2.10. The molecule has 0 aliphatic rings. The second-order valence-corrected chi connectivity index (χ2v) is 4.91. The number of rotatable bonds is 4. The Balaban J connectivity index is 1.66. The standard InChI is InChI=1S/C17H13N5O/c1-2-6-14(7-3-1)23-12-16-20-17-19-10-8-15(22(17)21-16)13-5-4-9-18-11-13/h1-11H,12H2. The second-order valence-electron chi connectivity index (χ2n) is 4.91. The van der Waals surface area contributed by atoms with Crippen LogP contribution in [0.1, 0.15) is 5.82 Å². The molecule has 6 nitrogen and oxygen atoms in total. The lowest BCUT2D eigenvalue weighted by atomic mass is 10.2. The molecule has 0 N–H and O–H groups in total. The van der Waals surface area contributed by atoms with Crippen molar-refractivity contribution >= 4 is 5.78 Å². The van der Waals surface area contributed by atoms with Crippen molar-refractivity contribution in [3.8, 4) is 17.0 Å². The number of hydrogen-bond donors (Lipinski definition) is 0. The number of nitrogens with zero attached hydrogens (tertiary/aromatic N) is 5. The van der Waals surface area contributed by atoms with Crippen molar-refractivity contribution in [2.45, 2.75) is 6.61 Å². The van der Waals surface area contributed by atoms with Crippen molar-refractivity contribution in [3.63, 3.8) is 0 Å². The third kappa shape index (κ3) is 2.74. The van der Waals surface area contributed by atoms with Gasteiger partial charge in [-0.3, -0.25) is 4.98 Å². The molecule has 0 saturated carbocycles. The van der Waals surface area contributed by atoms with E-state index in [9.17, 15) is 0 Å². The number of aromatic nitrogens is 5. The summed E-state index contributed by atoms with van der Waals surface area (Å²) in [5, 5.41) is 4.49. The van der Waals surface area contributed by atoms with E-state index in [-0.39, 0.29) is 0 Å². The second kappa shape index (κ2) is 5.84. The zero-order valence-electron chi connectivity index (χ0n) is 12.2. The summed E-state index contributed by atoms with van der Waals surface area (Å²) in [5.41, 5.74) is 1.85. The van der Waals surface area contributed by atoms with Crippen LogP contribution in [0.25, 0.3) is 17.0 Å². The van der Waals surface area contributed by atoms with E-state index in [1.807, 2.05) is 48.5 Å². The number of hydrogen-bond acceptors (Lipinski definition) is 5. The van der Waals surface area contributed by atoms with Gasteiger partial charge in [-0.2, -0.15) is 9.50 Å². The zero-order chi connectivity index (χ0) is 15.5. The predicted octanol–water partition coefficient (Wildman–Crippen LogP) is 2.77. The van der Waals surface area contributed by atoms with Crippen molar-refractivity contribution in [2.75, 3.05) is 0 Å². The lowest BCUT2D eigenvalue weighted by molar-refractivity contribution is 0.296. The van der Waals surface area contributed by atoms with Crippen molar-refractivity contribution < 1.29 is 4.74 Å². The monoisotopic (exact) mass is 303 g/mol. The summed E-state index contributed by atoms with van der Waals surface area (Å²) in [5.74, 6) is 1.91. The van der Waals surface area contributed by atoms with Crippen LogP contribution < -0.4 is 4.74 Å². The van der Waals surface area contributed by atoms with Gasteiger partial charge in [0.1, 0.15) is 12.4 Å². The Hall–Kier alpha value is -3.28. The van der Waals surface area contributed by atoms with Crippen LogP contribution in [0.3, 0.4) is 0 Å². The van der Waals surface area contributed by atoms with E-state index < -0.39 is 0 Å². The quantitative estimate of drug-likeness (QED) is 0.580. The third-order valence-electron chi connectivity index (χ3n) is 3.35. The zero-order valence-corrected chi connectivity index (χ0v) is 12.2. The fourth-order valence-electron chi connectivity index (χ4n) is 2.29. The Labute approximate surface area is 132 Å². The van der Waals surface area contributed by atoms with E-state index in [1.165, 1.54) is 0 Å². The van der Waals surface area contributed by atoms with Crippen LogP contribution >= 0.6 is 0 Å². The van der Waals surface area contributed by atoms with Crippen molar-refractivity contribution in [2.24, 2.45) is 0 Å². The SMILES string of the molecule is c1ccc(OCc2nc3nccc(-c4cccnc4)n3n2)cc1. The minimum Gasteiger partial charge on any atom is -0.486 e. The summed E-state index contributed by atoms with van der Waals surface area (Å²) in [7, 11) is 0. The fraction of sp³-hybridized carbons (Fsp3) is 0.0588.